The van der Waals surface area contributed by atoms with E-state index in [0.29, 0.717) is 10.8 Å². The number of carbonyl (C=O) groups is 2. The molecule has 3 N–H and O–H groups in total. The first kappa shape index (κ1) is 23.0. The molecule has 2 aromatic carbocycles. The van der Waals surface area contributed by atoms with Gasteiger partial charge in [-0.1, -0.05) is 17.4 Å². The molecule has 8 nitrogen and oxygen atoms in total. The molecule has 12 heteroatoms. The van der Waals surface area contributed by atoms with Crippen LogP contribution in [0.4, 0.5) is 28.8 Å². The van der Waals surface area contributed by atoms with Gasteiger partial charge in [0.05, 0.1) is 12.7 Å². The van der Waals surface area contributed by atoms with Crippen LogP contribution in [0.5, 0.6) is 5.75 Å². The van der Waals surface area contributed by atoms with Gasteiger partial charge in [0.25, 0.3) is 0 Å². The van der Waals surface area contributed by atoms with Crippen molar-refractivity contribution >= 4 is 34.1 Å². The fourth-order valence-electron chi connectivity index (χ4n) is 2.54. The third kappa shape index (κ3) is 5.94. The van der Waals surface area contributed by atoms with Gasteiger partial charge in [0.1, 0.15) is 16.8 Å². The zero-order valence-corrected chi connectivity index (χ0v) is 17.7. The first-order valence-corrected chi connectivity index (χ1v) is 10.0. The molecule has 32 heavy (non-hydrogen) atoms. The molecule has 0 aliphatic carbocycles. The SMILES string of the molecule is COc1ccc(-c2nnc(NC(=O)[C@H](C)NC(=O)Nc3cccc(C(F)(F)F)c3)s2)cc1. The highest BCUT2D eigenvalue weighted by molar-refractivity contribution is 7.18. The molecule has 0 saturated heterocycles. The van der Waals surface area contributed by atoms with Crippen LogP contribution in [0.15, 0.2) is 48.5 Å². The van der Waals surface area contributed by atoms with Gasteiger partial charge >= 0.3 is 12.2 Å². The van der Waals surface area contributed by atoms with Crippen molar-refractivity contribution in [3.63, 3.8) is 0 Å². The monoisotopic (exact) mass is 465 g/mol. The minimum absolute atomic E-state index is 0.0572. The van der Waals surface area contributed by atoms with Gasteiger partial charge in [0, 0.05) is 11.3 Å². The molecule has 168 valence electrons. The van der Waals surface area contributed by atoms with E-state index in [-0.39, 0.29) is 10.8 Å². The van der Waals surface area contributed by atoms with Gasteiger partial charge in [-0.05, 0) is 49.4 Å². The summed E-state index contributed by atoms with van der Waals surface area (Å²) in [5.74, 6) is 0.122. The van der Waals surface area contributed by atoms with Gasteiger partial charge < -0.3 is 15.4 Å². The number of amides is 3. The number of hydrogen-bond acceptors (Lipinski definition) is 6. The summed E-state index contributed by atoms with van der Waals surface area (Å²) in [4.78, 5) is 24.4. The number of rotatable bonds is 6. The second-order valence-electron chi connectivity index (χ2n) is 6.53. The highest BCUT2D eigenvalue weighted by atomic mass is 32.1. The topological polar surface area (TPSA) is 105 Å². The molecule has 0 unspecified atom stereocenters. The lowest BCUT2D eigenvalue weighted by atomic mass is 10.2. The lowest BCUT2D eigenvalue weighted by Gasteiger charge is -2.14. The van der Waals surface area contributed by atoms with Crippen molar-refractivity contribution in [2.24, 2.45) is 0 Å². The summed E-state index contributed by atoms with van der Waals surface area (Å²) >= 11 is 1.14. The number of nitrogens with one attached hydrogen (secondary N) is 3. The molecule has 1 aromatic heterocycles. The number of aromatic nitrogens is 2. The van der Waals surface area contributed by atoms with Crippen LogP contribution >= 0.6 is 11.3 Å². The molecule has 0 saturated carbocycles. The normalized spacial score (nSPS) is 12.0. The van der Waals surface area contributed by atoms with Crippen molar-refractivity contribution in [3.05, 3.63) is 54.1 Å². The number of methoxy groups -OCH3 is 1. The lowest BCUT2D eigenvalue weighted by molar-refractivity contribution is -0.137. The fourth-order valence-corrected chi connectivity index (χ4v) is 3.29. The van der Waals surface area contributed by atoms with Crippen LogP contribution in [-0.4, -0.2) is 35.3 Å². The predicted octanol–water partition coefficient (Wildman–Crippen LogP) is 4.38. The summed E-state index contributed by atoms with van der Waals surface area (Å²) in [6, 6.07) is 9.48. The van der Waals surface area contributed by atoms with Crippen molar-refractivity contribution in [3.8, 4) is 16.3 Å². The Morgan fingerprint density at radius 1 is 1.06 bits per heavy atom. The number of hydrogen-bond donors (Lipinski definition) is 3. The molecule has 0 bridgehead atoms. The molecule has 0 fully saturated rings. The second kappa shape index (κ2) is 9.64. The van der Waals surface area contributed by atoms with E-state index in [1.807, 2.05) is 0 Å². The van der Waals surface area contributed by atoms with E-state index < -0.39 is 29.7 Å². The van der Waals surface area contributed by atoms with E-state index in [1.165, 1.54) is 19.1 Å². The number of urea groups is 1. The Morgan fingerprint density at radius 2 is 1.78 bits per heavy atom. The van der Waals surface area contributed by atoms with Crippen molar-refractivity contribution in [1.29, 1.82) is 0 Å². The Hall–Kier alpha value is -3.67. The minimum atomic E-state index is -4.53. The molecule has 0 radical (unpaired) electrons. The molecule has 1 atom stereocenters. The highest BCUT2D eigenvalue weighted by Crippen LogP contribution is 2.30. The third-order valence-corrected chi connectivity index (χ3v) is 5.07. The van der Waals surface area contributed by atoms with E-state index in [1.54, 1.807) is 31.4 Å². The molecule has 3 rings (SSSR count). The number of halogens is 3. The second-order valence-corrected chi connectivity index (χ2v) is 7.51. The molecule has 0 aliphatic heterocycles. The molecule has 3 aromatic rings. The van der Waals surface area contributed by atoms with E-state index >= 15 is 0 Å². The van der Waals surface area contributed by atoms with Crippen molar-refractivity contribution in [2.45, 2.75) is 19.1 Å². The van der Waals surface area contributed by atoms with E-state index in [4.69, 9.17) is 4.74 Å². The summed E-state index contributed by atoms with van der Waals surface area (Å²) in [6.07, 6.45) is -4.53. The number of benzene rings is 2. The van der Waals surface area contributed by atoms with E-state index in [0.717, 1.165) is 29.0 Å². The van der Waals surface area contributed by atoms with Crippen LogP contribution < -0.4 is 20.7 Å². The predicted molar refractivity (Wildman–Crippen MR) is 114 cm³/mol. The molecule has 0 spiro atoms. The number of anilines is 2. The van der Waals surface area contributed by atoms with Gasteiger partial charge in [-0.2, -0.15) is 13.2 Å². The molecule has 1 heterocycles. The first-order chi connectivity index (χ1) is 15.2. The van der Waals surface area contributed by atoms with Crippen LogP contribution in [0, 0.1) is 0 Å². The Kier molecular flexibility index (Phi) is 6.93. The molecular formula is C20H18F3N5O3S. The van der Waals surface area contributed by atoms with Gasteiger partial charge in [0.2, 0.25) is 11.0 Å². The fraction of sp³-hybridized carbons (Fsp3) is 0.200. The van der Waals surface area contributed by atoms with Crippen LogP contribution in [0.25, 0.3) is 10.6 Å². The Labute approximate surface area is 184 Å². The maximum atomic E-state index is 12.8. The summed E-state index contributed by atoms with van der Waals surface area (Å²) in [7, 11) is 1.56. The standard InChI is InChI=1S/C20H18F3N5O3S/c1-11(24-18(30)25-14-5-3-4-13(10-14)20(21,22)23)16(29)26-19-28-27-17(32-19)12-6-8-15(31-2)9-7-12/h3-11H,1-2H3,(H2,24,25,30)(H,26,28,29)/t11-/m0/s1. The van der Waals surface area contributed by atoms with E-state index in [9.17, 15) is 22.8 Å². The van der Waals surface area contributed by atoms with E-state index in [2.05, 4.69) is 26.1 Å². The molecule has 3 amide bonds. The van der Waals surface area contributed by atoms with Gasteiger partial charge in [-0.15, -0.1) is 10.2 Å². The Morgan fingerprint density at radius 3 is 2.44 bits per heavy atom. The van der Waals surface area contributed by atoms with Gasteiger partial charge in [-0.25, -0.2) is 4.79 Å². The summed E-state index contributed by atoms with van der Waals surface area (Å²) in [6.45, 7) is 1.42. The van der Waals surface area contributed by atoms with Crippen LogP contribution in [-0.2, 0) is 11.0 Å². The maximum absolute atomic E-state index is 12.8. The highest BCUT2D eigenvalue weighted by Gasteiger charge is 2.30. The number of nitrogens with zero attached hydrogens (tertiary/aromatic N) is 2. The largest absolute Gasteiger partial charge is 0.497 e. The molecular weight excluding hydrogens is 447 g/mol. The number of ether oxygens (including phenoxy) is 1. The van der Waals surface area contributed by atoms with Crippen molar-refractivity contribution in [2.75, 3.05) is 17.7 Å². The molecule has 0 aliphatic rings. The zero-order valence-electron chi connectivity index (χ0n) is 16.9. The average Bonchev–Trinajstić information content (AvgIpc) is 3.21. The van der Waals surface area contributed by atoms with Gasteiger partial charge in [-0.3, -0.25) is 10.1 Å². The lowest BCUT2D eigenvalue weighted by Crippen LogP contribution is -2.43. The summed E-state index contributed by atoms with van der Waals surface area (Å²) in [5, 5.41) is 15.9. The average molecular weight is 465 g/mol. The van der Waals surface area contributed by atoms with Crippen molar-refractivity contribution < 1.29 is 27.5 Å². The van der Waals surface area contributed by atoms with Crippen molar-refractivity contribution in [1.82, 2.24) is 15.5 Å². The van der Waals surface area contributed by atoms with Crippen LogP contribution in [0.3, 0.4) is 0 Å². The smallest absolute Gasteiger partial charge is 0.416 e. The Balaban J connectivity index is 1.56. The Bertz CT molecular complexity index is 1100. The zero-order chi connectivity index (χ0) is 23.3. The number of alkyl halides is 3. The quantitative estimate of drug-likeness (QED) is 0.501. The maximum Gasteiger partial charge on any atom is 0.416 e. The summed E-state index contributed by atoms with van der Waals surface area (Å²) < 4.78 is 43.4. The third-order valence-electron chi connectivity index (χ3n) is 4.18. The number of carbonyl (C=O) groups excluding carboxylic acids is 2. The minimum Gasteiger partial charge on any atom is -0.497 e. The summed E-state index contributed by atoms with van der Waals surface area (Å²) in [5.41, 5.74) is -0.168. The van der Waals surface area contributed by atoms with Crippen LogP contribution in [0.1, 0.15) is 12.5 Å². The van der Waals surface area contributed by atoms with Crippen LogP contribution in [0.2, 0.25) is 0 Å². The first-order valence-electron chi connectivity index (χ1n) is 9.19. The van der Waals surface area contributed by atoms with Gasteiger partial charge in [0.15, 0.2) is 0 Å².